The van der Waals surface area contributed by atoms with Crippen LogP contribution in [0.5, 0.6) is 5.75 Å². The van der Waals surface area contributed by atoms with E-state index in [4.69, 9.17) is 4.74 Å². The zero-order valence-electron chi connectivity index (χ0n) is 22.4. The van der Waals surface area contributed by atoms with Gasteiger partial charge in [-0.15, -0.1) is 0 Å². The monoisotopic (exact) mass is 552 g/mol. The number of halogens is 1. The van der Waals surface area contributed by atoms with Gasteiger partial charge in [0, 0.05) is 49.2 Å². The number of aryl methyl sites for hydroxylation is 1. The Morgan fingerprint density at radius 3 is 2.63 bits per heavy atom. The van der Waals surface area contributed by atoms with Crippen molar-refractivity contribution in [3.8, 4) is 16.9 Å². The number of benzene rings is 2. The Hall–Kier alpha value is -4.73. The summed E-state index contributed by atoms with van der Waals surface area (Å²) in [7, 11) is 0. The van der Waals surface area contributed by atoms with Crippen LogP contribution >= 0.6 is 0 Å². The molecule has 41 heavy (non-hydrogen) atoms. The number of anilines is 3. The SMILES string of the molecule is O=C(Nc1ccc2c(c1)OC[C@H]1CN(c3ncc(F)cn3)CCN21)C(=O)c1c(-c2ccccc2)cc2n1CCCC2. The van der Waals surface area contributed by atoms with E-state index in [9.17, 15) is 14.0 Å². The molecule has 0 bridgehead atoms. The molecule has 208 valence electrons. The zero-order valence-corrected chi connectivity index (χ0v) is 22.4. The molecule has 4 aromatic rings. The van der Waals surface area contributed by atoms with Gasteiger partial charge in [-0.3, -0.25) is 9.59 Å². The van der Waals surface area contributed by atoms with Crippen LogP contribution in [-0.2, 0) is 17.8 Å². The van der Waals surface area contributed by atoms with Crippen molar-refractivity contribution in [2.75, 3.05) is 41.4 Å². The maximum absolute atomic E-state index is 13.6. The maximum Gasteiger partial charge on any atom is 0.298 e. The molecule has 0 saturated carbocycles. The highest BCUT2D eigenvalue weighted by atomic mass is 19.1. The van der Waals surface area contributed by atoms with Gasteiger partial charge in [-0.2, -0.15) is 0 Å². The summed E-state index contributed by atoms with van der Waals surface area (Å²) >= 11 is 0. The number of nitrogens with one attached hydrogen (secondary N) is 1. The van der Waals surface area contributed by atoms with E-state index in [1.807, 2.05) is 45.9 Å². The number of carbonyl (C=O) groups is 2. The molecule has 0 radical (unpaired) electrons. The zero-order chi connectivity index (χ0) is 27.9. The van der Waals surface area contributed by atoms with Crippen molar-refractivity contribution >= 4 is 29.0 Å². The maximum atomic E-state index is 13.6. The molecule has 1 fully saturated rings. The summed E-state index contributed by atoms with van der Waals surface area (Å²) in [5.41, 5.74) is 4.70. The molecule has 3 aliphatic rings. The first-order valence-electron chi connectivity index (χ1n) is 13.9. The first-order chi connectivity index (χ1) is 20.0. The number of ether oxygens (including phenoxy) is 1. The largest absolute Gasteiger partial charge is 0.489 e. The number of carbonyl (C=O) groups excluding carboxylic acids is 2. The Labute approximate surface area is 236 Å². The third-order valence-corrected chi connectivity index (χ3v) is 8.08. The highest BCUT2D eigenvalue weighted by Crippen LogP contribution is 2.38. The normalized spacial score (nSPS) is 17.6. The number of piperazine rings is 1. The van der Waals surface area contributed by atoms with E-state index >= 15 is 0 Å². The average molecular weight is 553 g/mol. The van der Waals surface area contributed by atoms with Crippen molar-refractivity contribution in [1.82, 2.24) is 14.5 Å². The molecule has 7 rings (SSSR count). The number of Topliss-reactive ketones (excluding diaryl/α,β-unsaturated/α-hetero) is 1. The van der Waals surface area contributed by atoms with Crippen LogP contribution in [0.1, 0.15) is 29.0 Å². The summed E-state index contributed by atoms with van der Waals surface area (Å²) in [5.74, 6) is -0.524. The van der Waals surface area contributed by atoms with Gasteiger partial charge in [-0.1, -0.05) is 30.3 Å². The predicted octanol–water partition coefficient (Wildman–Crippen LogP) is 4.33. The number of fused-ring (bicyclic) bond motifs is 4. The lowest BCUT2D eigenvalue weighted by atomic mass is 10.0. The van der Waals surface area contributed by atoms with Crippen molar-refractivity contribution in [2.45, 2.75) is 31.8 Å². The standard InChI is InChI=1S/C31H29FN6O3/c32-21-16-33-31(34-17-21)36-12-13-37-24(18-36)19-41-27-14-22(9-10-26(27)37)35-30(40)29(39)28-25(20-6-2-1-3-7-20)15-23-8-4-5-11-38(23)28/h1-3,6-7,9-10,14-17,24H,4-5,8,11-13,18-19H2,(H,35,40)/t24-/m1/s1. The van der Waals surface area contributed by atoms with Crippen LogP contribution in [-0.4, -0.2) is 58.5 Å². The molecule has 3 aliphatic heterocycles. The van der Waals surface area contributed by atoms with Crippen LogP contribution in [0.25, 0.3) is 11.1 Å². The number of nitrogens with zero attached hydrogens (tertiary/aromatic N) is 5. The fourth-order valence-corrected chi connectivity index (χ4v) is 6.11. The summed E-state index contributed by atoms with van der Waals surface area (Å²) in [6.07, 6.45) is 5.30. The van der Waals surface area contributed by atoms with Crippen LogP contribution in [0, 0.1) is 5.82 Å². The lowest BCUT2D eigenvalue weighted by molar-refractivity contribution is -0.112. The molecule has 1 saturated heterocycles. The number of hydrogen-bond acceptors (Lipinski definition) is 7. The van der Waals surface area contributed by atoms with Gasteiger partial charge >= 0.3 is 0 Å². The average Bonchev–Trinajstić information content (AvgIpc) is 3.40. The molecule has 0 aliphatic carbocycles. The van der Waals surface area contributed by atoms with Crippen molar-refractivity contribution < 1.29 is 18.7 Å². The molecule has 2 aromatic heterocycles. The van der Waals surface area contributed by atoms with Crippen molar-refractivity contribution in [1.29, 1.82) is 0 Å². The van der Waals surface area contributed by atoms with Crippen LogP contribution in [0.15, 0.2) is 67.0 Å². The Morgan fingerprint density at radius 2 is 1.80 bits per heavy atom. The van der Waals surface area contributed by atoms with Crippen molar-refractivity contribution in [2.24, 2.45) is 0 Å². The molecular weight excluding hydrogens is 523 g/mol. The van der Waals surface area contributed by atoms with Gasteiger partial charge in [0.05, 0.1) is 24.1 Å². The van der Waals surface area contributed by atoms with Gasteiger partial charge in [0.15, 0.2) is 5.82 Å². The fourth-order valence-electron chi connectivity index (χ4n) is 6.11. The second-order valence-electron chi connectivity index (χ2n) is 10.6. The minimum atomic E-state index is -0.671. The predicted molar refractivity (Wildman–Crippen MR) is 153 cm³/mol. The highest BCUT2D eigenvalue weighted by Gasteiger charge is 2.34. The first kappa shape index (κ1) is 25.3. The van der Waals surface area contributed by atoms with Gasteiger partial charge in [0.1, 0.15) is 18.1 Å². The Morgan fingerprint density at radius 1 is 0.976 bits per heavy atom. The lowest BCUT2D eigenvalue weighted by Crippen LogP contribution is -2.57. The fraction of sp³-hybridized carbons (Fsp3) is 0.290. The second-order valence-corrected chi connectivity index (χ2v) is 10.6. The van der Waals surface area contributed by atoms with E-state index in [1.54, 1.807) is 12.1 Å². The minimum Gasteiger partial charge on any atom is -0.489 e. The van der Waals surface area contributed by atoms with E-state index < -0.39 is 17.5 Å². The number of ketones is 1. The molecule has 5 heterocycles. The minimum absolute atomic E-state index is 0.0730. The summed E-state index contributed by atoms with van der Waals surface area (Å²) in [5, 5.41) is 2.82. The second kappa shape index (κ2) is 10.3. The summed E-state index contributed by atoms with van der Waals surface area (Å²) < 4.78 is 21.4. The molecule has 2 aromatic carbocycles. The van der Waals surface area contributed by atoms with E-state index in [0.29, 0.717) is 49.3 Å². The number of amides is 1. The number of rotatable bonds is 5. The number of aromatic nitrogens is 3. The van der Waals surface area contributed by atoms with E-state index in [0.717, 1.165) is 48.3 Å². The van der Waals surface area contributed by atoms with Gasteiger partial charge in [0.25, 0.3) is 11.7 Å². The summed E-state index contributed by atoms with van der Waals surface area (Å²) in [4.78, 5) is 39.4. The first-order valence-corrected chi connectivity index (χ1v) is 13.9. The van der Waals surface area contributed by atoms with Crippen molar-refractivity contribution in [3.63, 3.8) is 0 Å². The molecule has 1 amide bonds. The van der Waals surface area contributed by atoms with Gasteiger partial charge in [0.2, 0.25) is 5.95 Å². The quantitative estimate of drug-likeness (QED) is 0.291. The van der Waals surface area contributed by atoms with Gasteiger partial charge in [-0.25, -0.2) is 14.4 Å². The lowest BCUT2D eigenvalue weighted by Gasteiger charge is -2.45. The molecule has 0 unspecified atom stereocenters. The molecule has 0 spiro atoms. The van der Waals surface area contributed by atoms with Crippen LogP contribution < -0.4 is 19.9 Å². The molecule has 9 nitrogen and oxygen atoms in total. The Balaban J connectivity index is 1.09. The van der Waals surface area contributed by atoms with Gasteiger partial charge < -0.3 is 24.4 Å². The molecular formula is C31H29FN6O3. The van der Waals surface area contributed by atoms with Crippen molar-refractivity contribution in [3.05, 3.63) is 84.2 Å². The molecule has 1 N–H and O–H groups in total. The third-order valence-electron chi connectivity index (χ3n) is 8.08. The number of hydrogen-bond donors (Lipinski definition) is 1. The highest BCUT2D eigenvalue weighted by molar-refractivity contribution is 6.47. The van der Waals surface area contributed by atoms with E-state index in [2.05, 4.69) is 26.3 Å². The van der Waals surface area contributed by atoms with E-state index in [1.165, 1.54) is 12.4 Å². The third kappa shape index (κ3) is 4.69. The summed E-state index contributed by atoms with van der Waals surface area (Å²) in [6.45, 7) is 3.21. The van der Waals surface area contributed by atoms with Crippen LogP contribution in [0.4, 0.5) is 21.7 Å². The summed E-state index contributed by atoms with van der Waals surface area (Å²) in [6, 6.07) is 17.4. The van der Waals surface area contributed by atoms with Crippen LogP contribution in [0.2, 0.25) is 0 Å². The van der Waals surface area contributed by atoms with Gasteiger partial charge in [-0.05, 0) is 43.0 Å². The topological polar surface area (TPSA) is 92.6 Å². The van der Waals surface area contributed by atoms with Crippen LogP contribution in [0.3, 0.4) is 0 Å². The Kier molecular flexibility index (Phi) is 6.37. The van der Waals surface area contributed by atoms with E-state index in [-0.39, 0.29) is 6.04 Å². The Bertz CT molecular complexity index is 1620. The molecule has 10 heteroatoms. The smallest absolute Gasteiger partial charge is 0.298 e. The molecule has 1 atom stereocenters.